The van der Waals surface area contributed by atoms with Crippen LogP contribution in [0.4, 0.5) is 0 Å². The molecule has 0 saturated carbocycles. The first kappa shape index (κ1) is 14.0. The summed E-state index contributed by atoms with van der Waals surface area (Å²) in [6, 6.07) is 11.6. The van der Waals surface area contributed by atoms with Gasteiger partial charge in [0.25, 0.3) is 0 Å². The van der Waals surface area contributed by atoms with Crippen LogP contribution in [0.1, 0.15) is 29.3 Å². The van der Waals surface area contributed by atoms with Gasteiger partial charge in [-0.2, -0.15) is 0 Å². The van der Waals surface area contributed by atoms with Gasteiger partial charge in [-0.05, 0) is 23.3 Å². The molecule has 0 heterocycles. The van der Waals surface area contributed by atoms with Crippen molar-refractivity contribution in [2.24, 2.45) is 0 Å². The molecule has 3 heteroatoms. The van der Waals surface area contributed by atoms with E-state index in [9.17, 15) is 9.59 Å². The maximum atomic E-state index is 11.3. The van der Waals surface area contributed by atoms with Crippen LogP contribution in [0.15, 0.2) is 42.5 Å². The molecule has 0 radical (unpaired) electrons. The second kappa shape index (κ2) is 6.66. The first-order chi connectivity index (χ1) is 9.76. The standard InChI is InChI=1S/C17H16O3/c1-2-20-17(19)9-5-8-16-14(12-18)11-10-13-6-3-4-7-15(13)16/h3-8,10-12H,2,9H2,1H3. The molecule has 0 N–H and O–H groups in total. The predicted molar refractivity (Wildman–Crippen MR) is 79.6 cm³/mol. The SMILES string of the molecule is CCOC(=O)CC=Cc1c(C=O)ccc2ccccc12. The molecule has 2 aromatic carbocycles. The second-order valence-electron chi connectivity index (χ2n) is 4.32. The molecular formula is C17H16O3. The molecule has 2 rings (SSSR count). The molecular weight excluding hydrogens is 252 g/mol. The second-order valence-corrected chi connectivity index (χ2v) is 4.32. The van der Waals surface area contributed by atoms with Gasteiger partial charge in [0, 0.05) is 5.56 Å². The van der Waals surface area contributed by atoms with E-state index in [2.05, 4.69) is 0 Å². The van der Waals surface area contributed by atoms with Crippen LogP contribution in [-0.2, 0) is 9.53 Å². The molecule has 0 aliphatic carbocycles. The van der Waals surface area contributed by atoms with Crippen LogP contribution < -0.4 is 0 Å². The summed E-state index contributed by atoms with van der Waals surface area (Å²) >= 11 is 0. The lowest BCUT2D eigenvalue weighted by Crippen LogP contribution is -2.01. The number of carbonyl (C=O) groups excluding carboxylic acids is 2. The van der Waals surface area contributed by atoms with Gasteiger partial charge >= 0.3 is 5.97 Å². The fourth-order valence-electron chi connectivity index (χ4n) is 2.09. The number of aldehydes is 1. The van der Waals surface area contributed by atoms with Crippen molar-refractivity contribution in [2.75, 3.05) is 6.61 Å². The third-order valence-electron chi connectivity index (χ3n) is 3.01. The number of rotatable bonds is 5. The van der Waals surface area contributed by atoms with Gasteiger partial charge in [0.1, 0.15) is 0 Å². The van der Waals surface area contributed by atoms with Crippen molar-refractivity contribution in [1.29, 1.82) is 0 Å². The predicted octanol–water partition coefficient (Wildman–Crippen LogP) is 3.62. The highest BCUT2D eigenvalue weighted by Gasteiger charge is 2.04. The van der Waals surface area contributed by atoms with Gasteiger partial charge in [-0.3, -0.25) is 9.59 Å². The minimum absolute atomic E-state index is 0.204. The van der Waals surface area contributed by atoms with E-state index in [0.29, 0.717) is 12.2 Å². The lowest BCUT2D eigenvalue weighted by atomic mass is 9.99. The van der Waals surface area contributed by atoms with E-state index in [1.165, 1.54) is 0 Å². The summed E-state index contributed by atoms with van der Waals surface area (Å²) in [5.74, 6) is -0.267. The number of esters is 1. The minimum Gasteiger partial charge on any atom is -0.466 e. The van der Waals surface area contributed by atoms with E-state index >= 15 is 0 Å². The third kappa shape index (κ3) is 3.12. The molecule has 0 aliphatic heterocycles. The summed E-state index contributed by atoms with van der Waals surface area (Å²) in [6.07, 6.45) is 4.57. The van der Waals surface area contributed by atoms with E-state index in [1.54, 1.807) is 19.1 Å². The summed E-state index contributed by atoms with van der Waals surface area (Å²) in [7, 11) is 0. The smallest absolute Gasteiger partial charge is 0.309 e. The van der Waals surface area contributed by atoms with Crippen molar-refractivity contribution >= 4 is 29.1 Å². The van der Waals surface area contributed by atoms with E-state index in [0.717, 1.165) is 22.6 Å². The Bertz CT molecular complexity index is 656. The van der Waals surface area contributed by atoms with Crippen LogP contribution in [0.25, 0.3) is 16.8 Å². The fraction of sp³-hybridized carbons (Fsp3) is 0.176. The molecule has 0 saturated heterocycles. The average molecular weight is 268 g/mol. The number of hydrogen-bond acceptors (Lipinski definition) is 3. The molecule has 0 atom stereocenters. The Kier molecular flexibility index (Phi) is 4.66. The molecule has 0 amide bonds. The zero-order chi connectivity index (χ0) is 14.4. The van der Waals surface area contributed by atoms with Crippen LogP contribution in [0, 0.1) is 0 Å². The zero-order valence-electron chi connectivity index (χ0n) is 11.3. The molecule has 3 nitrogen and oxygen atoms in total. The number of fused-ring (bicyclic) bond motifs is 1. The van der Waals surface area contributed by atoms with Crippen molar-refractivity contribution < 1.29 is 14.3 Å². The molecule has 0 aromatic heterocycles. The van der Waals surface area contributed by atoms with Gasteiger partial charge in [-0.1, -0.05) is 48.6 Å². The van der Waals surface area contributed by atoms with Crippen LogP contribution in [-0.4, -0.2) is 18.9 Å². The highest BCUT2D eigenvalue weighted by Crippen LogP contribution is 2.23. The summed E-state index contributed by atoms with van der Waals surface area (Å²) in [5.41, 5.74) is 1.45. The van der Waals surface area contributed by atoms with Gasteiger partial charge in [0.2, 0.25) is 0 Å². The minimum atomic E-state index is -0.267. The zero-order valence-corrected chi connectivity index (χ0v) is 11.3. The summed E-state index contributed by atoms with van der Waals surface area (Å²) in [5, 5.41) is 2.06. The Morgan fingerprint density at radius 1 is 1.20 bits per heavy atom. The van der Waals surface area contributed by atoms with Gasteiger partial charge in [0.05, 0.1) is 13.0 Å². The quantitative estimate of drug-likeness (QED) is 0.614. The maximum absolute atomic E-state index is 11.3. The van der Waals surface area contributed by atoms with Crippen LogP contribution in [0.3, 0.4) is 0 Å². The summed E-state index contributed by atoms with van der Waals surface area (Å²) in [6.45, 7) is 2.15. The Morgan fingerprint density at radius 3 is 2.75 bits per heavy atom. The van der Waals surface area contributed by atoms with E-state index < -0.39 is 0 Å². The number of benzene rings is 2. The third-order valence-corrected chi connectivity index (χ3v) is 3.01. The Labute approximate surface area is 117 Å². The molecule has 2 aromatic rings. The molecule has 20 heavy (non-hydrogen) atoms. The van der Waals surface area contributed by atoms with E-state index in [1.807, 2.05) is 36.4 Å². The van der Waals surface area contributed by atoms with Crippen molar-refractivity contribution in [1.82, 2.24) is 0 Å². The Hall–Kier alpha value is -2.42. The molecule has 102 valence electrons. The Morgan fingerprint density at radius 2 is 2.00 bits per heavy atom. The van der Waals surface area contributed by atoms with E-state index in [-0.39, 0.29) is 12.4 Å². The van der Waals surface area contributed by atoms with Crippen molar-refractivity contribution in [2.45, 2.75) is 13.3 Å². The molecule has 0 fully saturated rings. The van der Waals surface area contributed by atoms with Crippen LogP contribution in [0.5, 0.6) is 0 Å². The normalized spacial score (nSPS) is 10.8. The van der Waals surface area contributed by atoms with Gasteiger partial charge in [-0.25, -0.2) is 0 Å². The number of ether oxygens (including phenoxy) is 1. The van der Waals surface area contributed by atoms with Gasteiger partial charge in [0.15, 0.2) is 6.29 Å². The largest absolute Gasteiger partial charge is 0.466 e. The fourth-order valence-corrected chi connectivity index (χ4v) is 2.09. The summed E-state index contributed by atoms with van der Waals surface area (Å²) < 4.78 is 4.86. The number of carbonyl (C=O) groups is 2. The Balaban J connectivity index is 2.34. The van der Waals surface area contributed by atoms with Crippen molar-refractivity contribution in [3.05, 3.63) is 53.6 Å². The van der Waals surface area contributed by atoms with Gasteiger partial charge < -0.3 is 4.74 Å². The summed E-state index contributed by atoms with van der Waals surface area (Å²) in [4.78, 5) is 22.5. The van der Waals surface area contributed by atoms with Gasteiger partial charge in [-0.15, -0.1) is 0 Å². The lowest BCUT2D eigenvalue weighted by Gasteiger charge is -2.05. The van der Waals surface area contributed by atoms with E-state index in [4.69, 9.17) is 4.74 Å². The van der Waals surface area contributed by atoms with Crippen molar-refractivity contribution in [3.8, 4) is 0 Å². The highest BCUT2D eigenvalue weighted by atomic mass is 16.5. The molecule has 0 spiro atoms. The topological polar surface area (TPSA) is 43.4 Å². The van der Waals surface area contributed by atoms with Crippen LogP contribution in [0.2, 0.25) is 0 Å². The average Bonchev–Trinajstić information content (AvgIpc) is 2.47. The first-order valence-corrected chi connectivity index (χ1v) is 6.55. The molecule has 0 unspecified atom stereocenters. The lowest BCUT2D eigenvalue weighted by molar-refractivity contribution is -0.142. The maximum Gasteiger partial charge on any atom is 0.309 e. The monoisotopic (exact) mass is 268 g/mol. The number of hydrogen-bond donors (Lipinski definition) is 0. The highest BCUT2D eigenvalue weighted by molar-refractivity contribution is 5.98. The molecule has 0 bridgehead atoms. The van der Waals surface area contributed by atoms with Crippen LogP contribution >= 0.6 is 0 Å². The van der Waals surface area contributed by atoms with Crippen molar-refractivity contribution in [3.63, 3.8) is 0 Å². The first-order valence-electron chi connectivity index (χ1n) is 6.55. The molecule has 0 aliphatic rings.